The van der Waals surface area contributed by atoms with Crippen molar-refractivity contribution >= 4 is 69.0 Å². The van der Waals surface area contributed by atoms with Gasteiger partial charge in [-0.1, -0.05) is 29.3 Å². The maximum atomic E-state index is 14.3. The first-order chi connectivity index (χ1) is 25.6. The van der Waals surface area contributed by atoms with Crippen molar-refractivity contribution in [3.05, 3.63) is 88.6 Å². The van der Waals surface area contributed by atoms with Crippen LogP contribution in [0.2, 0.25) is 0 Å². The molecule has 7 rings (SSSR count). The van der Waals surface area contributed by atoms with E-state index in [2.05, 4.69) is 4.98 Å². The smallest absolute Gasteiger partial charge is 0.347 e. The molecule has 4 aromatic rings. The molecule has 2 aliphatic carbocycles. The van der Waals surface area contributed by atoms with Gasteiger partial charge in [0.25, 0.3) is 5.56 Å². The highest BCUT2D eigenvalue weighted by Crippen LogP contribution is 2.65. The molecule has 4 atom stereocenters. The summed E-state index contributed by atoms with van der Waals surface area (Å²) in [6, 6.07) is 4.61. The fraction of sp³-hybridized carbons (Fsp3) is 0.371. The number of allylic oxidation sites excluding steroid dienone is 4. The van der Waals surface area contributed by atoms with Gasteiger partial charge in [0, 0.05) is 62.2 Å². The fourth-order valence-corrected chi connectivity index (χ4v) is 9.33. The van der Waals surface area contributed by atoms with E-state index in [0.717, 1.165) is 9.25 Å². The van der Waals surface area contributed by atoms with Gasteiger partial charge in [0.1, 0.15) is 42.8 Å². The van der Waals surface area contributed by atoms with Gasteiger partial charge in [-0.3, -0.25) is 14.4 Å². The van der Waals surface area contributed by atoms with E-state index in [1.54, 1.807) is 25.3 Å². The van der Waals surface area contributed by atoms with Crippen LogP contribution in [0.15, 0.2) is 60.4 Å². The molecule has 1 saturated carbocycles. The Kier molecular flexibility index (Phi) is 9.23. The molecule has 0 radical (unpaired) electrons. The van der Waals surface area contributed by atoms with E-state index in [4.69, 9.17) is 65.4 Å². The number of carbonyl (C=O) groups excluding carboxylic acids is 2. The van der Waals surface area contributed by atoms with Gasteiger partial charge >= 0.3 is 11.4 Å². The van der Waals surface area contributed by atoms with Crippen molar-refractivity contribution in [2.45, 2.75) is 47.6 Å². The normalized spacial score (nSPS) is 23.5. The molecule has 0 saturated heterocycles. The molecule has 0 amide bonds. The number of methoxy groups -OCH3 is 4. The quantitative estimate of drug-likeness (QED) is 0.204. The second-order valence-corrected chi connectivity index (χ2v) is 14.9. The summed E-state index contributed by atoms with van der Waals surface area (Å²) in [4.78, 5) is 69.7. The van der Waals surface area contributed by atoms with Crippen molar-refractivity contribution in [3.8, 4) is 28.7 Å². The van der Waals surface area contributed by atoms with Crippen LogP contribution in [-0.4, -0.2) is 78.3 Å². The summed E-state index contributed by atoms with van der Waals surface area (Å²) in [5, 5.41) is 9.20. The van der Waals surface area contributed by atoms with Gasteiger partial charge in [-0.25, -0.2) is 28.5 Å². The van der Waals surface area contributed by atoms with Crippen LogP contribution in [0.1, 0.15) is 29.6 Å². The van der Waals surface area contributed by atoms with Crippen LogP contribution in [0.5, 0.6) is 28.7 Å². The fourth-order valence-electron chi connectivity index (χ4n) is 7.83. The molecule has 54 heavy (non-hydrogen) atoms. The molecule has 3 aliphatic rings. The van der Waals surface area contributed by atoms with Crippen LogP contribution >= 0.6 is 46.4 Å². The van der Waals surface area contributed by atoms with Crippen molar-refractivity contribution < 1.29 is 33.6 Å². The molecule has 284 valence electrons. The van der Waals surface area contributed by atoms with E-state index in [1.807, 2.05) is 0 Å². The van der Waals surface area contributed by atoms with Gasteiger partial charge in [-0.2, -0.15) is 0 Å². The van der Waals surface area contributed by atoms with Crippen LogP contribution in [0.3, 0.4) is 0 Å². The Hall–Kier alpha value is -4.70. The molecule has 2 aromatic carbocycles. The summed E-state index contributed by atoms with van der Waals surface area (Å²) in [6.45, 7) is -0.414. The maximum Gasteiger partial charge on any atom is 0.347 e. The van der Waals surface area contributed by atoms with Crippen molar-refractivity contribution in [2.24, 2.45) is 7.05 Å². The van der Waals surface area contributed by atoms with Crippen LogP contribution < -0.4 is 35.9 Å². The average Bonchev–Trinajstić information content (AvgIpc) is 3.41. The van der Waals surface area contributed by atoms with Crippen LogP contribution in [-0.2, 0) is 36.1 Å². The lowest BCUT2D eigenvalue weighted by molar-refractivity contribution is -0.128. The highest BCUT2D eigenvalue weighted by atomic mass is 35.5. The van der Waals surface area contributed by atoms with E-state index in [1.165, 1.54) is 49.8 Å². The van der Waals surface area contributed by atoms with Gasteiger partial charge < -0.3 is 28.6 Å². The summed E-state index contributed by atoms with van der Waals surface area (Å²) in [5.41, 5.74) is -0.541. The topological polar surface area (TPSA) is 175 Å². The number of rotatable bonds is 8. The first-order valence-corrected chi connectivity index (χ1v) is 17.8. The van der Waals surface area contributed by atoms with Gasteiger partial charge in [0.15, 0.2) is 23.1 Å². The average molecular weight is 823 g/mol. The number of phenolic OH excluding ortho intramolecular Hbond substituents is 1. The number of Topliss-reactive ketones (excluding diaryl/α,β-unsaturated/α-hetero) is 2. The number of halogens is 4. The minimum absolute atomic E-state index is 0.0165. The molecule has 15 nitrogen and oxygen atoms in total. The molecule has 0 unspecified atom stereocenters. The SMILES string of the molecule is COc1cc2nc(CCn3c(=O)n4n(c3=O)[C@@H]3C[C@@]5(Cl)C(=O)C(Cl)=C(Cl)C(=O)[C@@]5(Cl)[C@@H](c5c(OC)cc(O)cc5OC)C3=CC4)c(=O)n(C)c2cc1OC. The standard InChI is InChI=1S/C35H31Cl4N5O10/c1-41-19-13-22(52-3)21(51-2)12-18(19)40-17(31(41)48)7-8-42-32(49)43-9-6-16-20(44(43)33(42)50)14-34(38)29(46)27(36)28(37)30(47)35(34,39)26(16)25-23(53-4)10-15(45)11-24(25)54-5/h6,10-13,20,26,45H,7-9,14H2,1-5H3/t20-,26-,34-,35+/m1/s1. The Morgan fingerprint density at radius 3 is 2.06 bits per heavy atom. The number of ketones is 2. The minimum Gasteiger partial charge on any atom is -0.508 e. The molecule has 0 spiro atoms. The number of alkyl halides is 2. The van der Waals surface area contributed by atoms with E-state index in [9.17, 15) is 29.1 Å². The molecule has 19 heteroatoms. The third-order valence-electron chi connectivity index (χ3n) is 10.4. The van der Waals surface area contributed by atoms with Crippen LogP contribution in [0.4, 0.5) is 0 Å². The van der Waals surface area contributed by atoms with Crippen LogP contribution in [0, 0.1) is 0 Å². The van der Waals surface area contributed by atoms with Crippen molar-refractivity contribution in [1.29, 1.82) is 0 Å². The Morgan fingerprint density at radius 1 is 0.852 bits per heavy atom. The second kappa shape index (κ2) is 13.3. The molecule has 1 aliphatic heterocycles. The van der Waals surface area contributed by atoms with Crippen molar-refractivity contribution in [1.82, 2.24) is 23.5 Å². The lowest BCUT2D eigenvalue weighted by Gasteiger charge is -2.54. The molecule has 3 heterocycles. The molecule has 2 aromatic heterocycles. The highest BCUT2D eigenvalue weighted by molar-refractivity contribution is 6.66. The van der Waals surface area contributed by atoms with E-state index < -0.39 is 66.7 Å². The molecular weight excluding hydrogens is 792 g/mol. The Morgan fingerprint density at radius 2 is 1.44 bits per heavy atom. The Bertz CT molecular complexity index is 2550. The lowest BCUT2D eigenvalue weighted by atomic mass is 9.59. The predicted molar refractivity (Wildman–Crippen MR) is 198 cm³/mol. The number of nitrogens with zero attached hydrogens (tertiary/aromatic N) is 5. The number of hydrogen-bond acceptors (Lipinski definition) is 11. The number of phenols is 1. The first-order valence-electron chi connectivity index (χ1n) is 16.3. The van der Waals surface area contributed by atoms with Gasteiger partial charge in [0.2, 0.25) is 0 Å². The van der Waals surface area contributed by atoms with E-state index >= 15 is 0 Å². The third-order valence-corrected chi connectivity index (χ3v) is 12.7. The summed E-state index contributed by atoms with van der Waals surface area (Å²) in [6.07, 6.45) is 1.04. The molecule has 1 N–H and O–H groups in total. The number of hydrogen-bond donors (Lipinski definition) is 1. The Labute approximate surface area is 325 Å². The van der Waals surface area contributed by atoms with E-state index in [-0.39, 0.29) is 48.0 Å². The number of ether oxygens (including phenoxy) is 4. The minimum atomic E-state index is -2.36. The number of aryl methyl sites for hydroxylation is 2. The van der Waals surface area contributed by atoms with E-state index in [0.29, 0.717) is 28.1 Å². The summed E-state index contributed by atoms with van der Waals surface area (Å²) in [7, 11) is 7.13. The zero-order chi connectivity index (χ0) is 39.2. The molecule has 1 fully saturated rings. The first kappa shape index (κ1) is 37.6. The van der Waals surface area contributed by atoms with Crippen molar-refractivity contribution in [3.63, 3.8) is 0 Å². The number of carbonyl (C=O) groups is 2. The van der Waals surface area contributed by atoms with Crippen molar-refractivity contribution in [2.75, 3.05) is 28.4 Å². The summed E-state index contributed by atoms with van der Waals surface area (Å²) in [5.74, 6) is -2.72. The monoisotopic (exact) mass is 821 g/mol. The van der Waals surface area contributed by atoms with Gasteiger partial charge in [-0.15, -0.1) is 23.2 Å². The van der Waals surface area contributed by atoms with Gasteiger partial charge in [-0.05, 0) is 5.57 Å². The zero-order valence-corrected chi connectivity index (χ0v) is 32.3. The largest absolute Gasteiger partial charge is 0.508 e. The predicted octanol–water partition coefficient (Wildman–Crippen LogP) is 3.51. The maximum absolute atomic E-state index is 14.3. The summed E-state index contributed by atoms with van der Waals surface area (Å²) < 4.78 is 26.7. The number of aromatic hydroxyl groups is 1. The second-order valence-electron chi connectivity index (χ2n) is 12.9. The molecule has 0 bridgehead atoms. The lowest BCUT2D eigenvalue weighted by Crippen LogP contribution is -2.67. The molecular formula is C35H31Cl4N5O10. The zero-order valence-electron chi connectivity index (χ0n) is 29.2. The number of benzene rings is 2. The summed E-state index contributed by atoms with van der Waals surface area (Å²) >= 11 is 27.2. The number of aromatic nitrogens is 5. The Balaban J connectivity index is 1.37. The highest BCUT2D eigenvalue weighted by Gasteiger charge is 2.72. The van der Waals surface area contributed by atoms with Gasteiger partial charge in [0.05, 0.1) is 52.1 Å². The third kappa shape index (κ3) is 5.08. The van der Waals surface area contributed by atoms with Crippen LogP contribution in [0.25, 0.3) is 11.0 Å². The number of fused-ring (bicyclic) bond motifs is 5.